The summed E-state index contributed by atoms with van der Waals surface area (Å²) >= 11 is 6.08. The Kier molecular flexibility index (Phi) is 11.4. The molecule has 1 atom stereocenters. The Bertz CT molecular complexity index is 1440. The van der Waals surface area contributed by atoms with Gasteiger partial charge in [-0.2, -0.15) is 0 Å². The highest BCUT2D eigenvalue weighted by Crippen LogP contribution is 2.27. The molecular formula is C32H40ClN3O4S. The van der Waals surface area contributed by atoms with Crippen LogP contribution in [0.5, 0.6) is 0 Å². The molecule has 0 heterocycles. The average Bonchev–Trinajstić information content (AvgIpc) is 2.94. The maximum absolute atomic E-state index is 14.1. The van der Waals surface area contributed by atoms with Crippen molar-refractivity contribution in [3.05, 3.63) is 94.0 Å². The molecule has 2 amide bonds. The summed E-state index contributed by atoms with van der Waals surface area (Å²) in [7, 11) is -4.11. The van der Waals surface area contributed by atoms with Crippen LogP contribution in [0.15, 0.2) is 71.6 Å². The van der Waals surface area contributed by atoms with Crippen molar-refractivity contribution in [2.75, 3.05) is 17.4 Å². The molecule has 0 aliphatic heterocycles. The zero-order valence-corrected chi connectivity index (χ0v) is 26.1. The van der Waals surface area contributed by atoms with Gasteiger partial charge < -0.3 is 10.2 Å². The van der Waals surface area contributed by atoms with E-state index in [1.165, 1.54) is 4.90 Å². The zero-order chi connectivity index (χ0) is 30.2. The summed E-state index contributed by atoms with van der Waals surface area (Å²) in [6.45, 7) is 9.77. The van der Waals surface area contributed by atoms with Crippen LogP contribution in [-0.2, 0) is 26.2 Å². The zero-order valence-electron chi connectivity index (χ0n) is 24.5. The molecule has 0 aromatic heterocycles. The molecule has 3 aromatic carbocycles. The monoisotopic (exact) mass is 597 g/mol. The number of anilines is 1. The van der Waals surface area contributed by atoms with Crippen LogP contribution in [0.1, 0.15) is 55.4 Å². The summed E-state index contributed by atoms with van der Waals surface area (Å²) in [5.74, 6) is -0.742. The van der Waals surface area contributed by atoms with Crippen molar-refractivity contribution in [2.24, 2.45) is 0 Å². The minimum absolute atomic E-state index is 0.0859. The number of amides is 2. The quantitative estimate of drug-likeness (QED) is 0.238. The number of benzene rings is 3. The second kappa shape index (κ2) is 14.5. The highest BCUT2D eigenvalue weighted by atomic mass is 35.5. The number of nitrogens with zero attached hydrogens (tertiary/aromatic N) is 2. The van der Waals surface area contributed by atoms with Crippen molar-refractivity contribution in [1.82, 2.24) is 10.2 Å². The number of sulfonamides is 1. The third-order valence-corrected chi connectivity index (χ3v) is 9.19. The molecule has 220 valence electrons. The Morgan fingerprint density at radius 1 is 0.902 bits per heavy atom. The molecule has 0 saturated carbocycles. The molecule has 3 rings (SSSR count). The maximum Gasteiger partial charge on any atom is 0.264 e. The molecule has 41 heavy (non-hydrogen) atoms. The summed E-state index contributed by atoms with van der Waals surface area (Å²) in [6, 6.07) is 18.1. The predicted molar refractivity (Wildman–Crippen MR) is 166 cm³/mol. The lowest BCUT2D eigenvalue weighted by atomic mass is 10.1. The van der Waals surface area contributed by atoms with Crippen molar-refractivity contribution >= 4 is 39.1 Å². The van der Waals surface area contributed by atoms with Crippen molar-refractivity contribution in [3.63, 3.8) is 0 Å². The molecule has 7 nitrogen and oxygen atoms in total. The van der Waals surface area contributed by atoms with Gasteiger partial charge in [0.2, 0.25) is 11.8 Å². The molecule has 0 spiro atoms. The van der Waals surface area contributed by atoms with Gasteiger partial charge >= 0.3 is 0 Å². The Morgan fingerprint density at radius 3 is 2.15 bits per heavy atom. The van der Waals surface area contributed by atoms with Gasteiger partial charge in [-0.3, -0.25) is 13.9 Å². The van der Waals surface area contributed by atoms with Gasteiger partial charge in [0.05, 0.1) is 10.6 Å². The third kappa shape index (κ3) is 8.33. The molecule has 0 bridgehead atoms. The molecule has 0 aliphatic carbocycles. The van der Waals surface area contributed by atoms with Crippen LogP contribution >= 0.6 is 11.6 Å². The molecule has 3 aromatic rings. The van der Waals surface area contributed by atoms with E-state index in [1.54, 1.807) is 60.7 Å². The van der Waals surface area contributed by atoms with E-state index >= 15 is 0 Å². The Balaban J connectivity index is 2.05. The molecule has 1 N–H and O–H groups in total. The minimum Gasteiger partial charge on any atom is -0.354 e. The predicted octanol–water partition coefficient (Wildman–Crippen LogP) is 6.18. The van der Waals surface area contributed by atoms with Gasteiger partial charge in [-0.05, 0) is 86.7 Å². The van der Waals surface area contributed by atoms with Gasteiger partial charge in [0.15, 0.2) is 0 Å². The summed E-state index contributed by atoms with van der Waals surface area (Å²) in [4.78, 5) is 29.0. The number of hydrogen-bond donors (Lipinski definition) is 1. The fraction of sp³-hybridized carbons (Fsp3) is 0.375. The Morgan fingerprint density at radius 2 is 1.56 bits per heavy atom. The van der Waals surface area contributed by atoms with E-state index < -0.39 is 28.5 Å². The van der Waals surface area contributed by atoms with E-state index in [1.807, 2.05) is 40.7 Å². The first-order chi connectivity index (χ1) is 19.5. The molecule has 0 fully saturated rings. The number of carbonyl (C=O) groups is 2. The second-order valence-electron chi connectivity index (χ2n) is 10.3. The molecular weight excluding hydrogens is 558 g/mol. The van der Waals surface area contributed by atoms with Crippen LogP contribution in [0.4, 0.5) is 5.69 Å². The van der Waals surface area contributed by atoms with Crippen LogP contribution in [0, 0.1) is 20.8 Å². The first-order valence-electron chi connectivity index (χ1n) is 14.0. The van der Waals surface area contributed by atoms with E-state index in [0.29, 0.717) is 23.7 Å². The van der Waals surface area contributed by atoms with E-state index in [0.717, 1.165) is 39.4 Å². The lowest BCUT2D eigenvalue weighted by molar-refractivity contribution is -0.140. The molecule has 0 radical (unpaired) electrons. The highest BCUT2D eigenvalue weighted by Gasteiger charge is 2.33. The van der Waals surface area contributed by atoms with Crippen molar-refractivity contribution < 1.29 is 18.0 Å². The lowest BCUT2D eigenvalue weighted by Gasteiger charge is -2.33. The van der Waals surface area contributed by atoms with Gasteiger partial charge in [-0.15, -0.1) is 0 Å². The number of hydrogen-bond acceptors (Lipinski definition) is 4. The first-order valence-corrected chi connectivity index (χ1v) is 15.8. The van der Waals surface area contributed by atoms with E-state index in [-0.39, 0.29) is 17.3 Å². The van der Waals surface area contributed by atoms with Crippen molar-refractivity contribution in [2.45, 2.75) is 71.4 Å². The topological polar surface area (TPSA) is 86.8 Å². The normalized spacial score (nSPS) is 12.0. The average molecular weight is 598 g/mol. The highest BCUT2D eigenvalue weighted by molar-refractivity contribution is 7.92. The summed E-state index contributed by atoms with van der Waals surface area (Å²) in [5, 5.41) is 3.50. The Labute approximate surface area is 249 Å². The number of unbranched alkanes of at least 4 members (excludes halogenated alkanes) is 1. The fourth-order valence-corrected chi connectivity index (χ4v) is 5.99. The number of rotatable bonds is 13. The maximum atomic E-state index is 14.1. The van der Waals surface area contributed by atoms with Gasteiger partial charge in [0.1, 0.15) is 12.6 Å². The standard InChI is InChI=1S/C32H40ClN3O4S/c1-6-8-19-34-32(38)30(7-2)35(21-26-12-14-27(33)15-13-26)31(37)22-36(28-16-11-24(4)25(5)20-28)41(39,40)29-17-9-23(3)10-18-29/h9-18,20,30H,6-8,19,21-22H2,1-5H3,(H,34,38). The fourth-order valence-electron chi connectivity index (χ4n) is 4.46. The molecule has 9 heteroatoms. The lowest BCUT2D eigenvalue weighted by Crippen LogP contribution is -2.52. The summed E-state index contributed by atoms with van der Waals surface area (Å²) in [6.07, 6.45) is 2.11. The number of nitrogens with one attached hydrogen (secondary N) is 1. The van der Waals surface area contributed by atoms with E-state index in [2.05, 4.69) is 5.32 Å². The SMILES string of the molecule is CCCCNC(=O)C(CC)N(Cc1ccc(Cl)cc1)C(=O)CN(c1ccc(C)c(C)c1)S(=O)(=O)c1ccc(C)cc1. The van der Waals surface area contributed by atoms with Crippen LogP contribution in [0.3, 0.4) is 0 Å². The summed E-state index contributed by atoms with van der Waals surface area (Å²) in [5.41, 5.74) is 3.99. The number of carbonyl (C=O) groups excluding carboxylic acids is 2. The second-order valence-corrected chi connectivity index (χ2v) is 12.6. The smallest absolute Gasteiger partial charge is 0.264 e. The third-order valence-electron chi connectivity index (χ3n) is 7.15. The van der Waals surface area contributed by atoms with Gasteiger partial charge in [-0.1, -0.05) is 67.8 Å². The largest absolute Gasteiger partial charge is 0.354 e. The van der Waals surface area contributed by atoms with Gasteiger partial charge in [0, 0.05) is 18.1 Å². The van der Waals surface area contributed by atoms with Crippen LogP contribution in [-0.4, -0.2) is 44.3 Å². The summed E-state index contributed by atoms with van der Waals surface area (Å²) < 4.78 is 29.1. The van der Waals surface area contributed by atoms with E-state index in [9.17, 15) is 18.0 Å². The number of aryl methyl sites for hydroxylation is 3. The first kappa shape index (κ1) is 32.2. The number of halogens is 1. The van der Waals surface area contributed by atoms with Gasteiger partial charge in [0.25, 0.3) is 10.0 Å². The molecule has 1 unspecified atom stereocenters. The van der Waals surface area contributed by atoms with Crippen LogP contribution in [0.25, 0.3) is 0 Å². The molecule has 0 saturated heterocycles. The minimum atomic E-state index is -4.11. The van der Waals surface area contributed by atoms with Crippen LogP contribution in [0.2, 0.25) is 5.02 Å². The Hall–Kier alpha value is -3.36. The van der Waals surface area contributed by atoms with Gasteiger partial charge in [-0.25, -0.2) is 8.42 Å². The van der Waals surface area contributed by atoms with Crippen molar-refractivity contribution in [3.8, 4) is 0 Å². The van der Waals surface area contributed by atoms with Crippen molar-refractivity contribution in [1.29, 1.82) is 0 Å². The van der Waals surface area contributed by atoms with E-state index in [4.69, 9.17) is 11.6 Å². The van der Waals surface area contributed by atoms with Crippen LogP contribution < -0.4 is 9.62 Å². The molecule has 0 aliphatic rings.